The van der Waals surface area contributed by atoms with Gasteiger partial charge in [0.2, 0.25) is 11.0 Å². The Morgan fingerprint density at radius 2 is 2.21 bits per heavy atom. The average molecular weight is 294 g/mol. The number of benzene rings is 1. The van der Waals surface area contributed by atoms with Gasteiger partial charge in [-0.3, -0.25) is 10.1 Å². The normalized spacial score (nSPS) is 10.8. The molecular formula is C13H12ClN3OS. The molecule has 6 heteroatoms. The number of rotatable bonds is 4. The average Bonchev–Trinajstić information content (AvgIpc) is 2.85. The van der Waals surface area contributed by atoms with Crippen molar-refractivity contribution in [2.24, 2.45) is 0 Å². The highest BCUT2D eigenvalue weighted by Gasteiger charge is 2.04. The number of nitrogens with one attached hydrogen (secondary N) is 1. The van der Waals surface area contributed by atoms with Gasteiger partial charge in [-0.2, -0.15) is 0 Å². The van der Waals surface area contributed by atoms with Crippen molar-refractivity contribution >= 4 is 40.1 Å². The van der Waals surface area contributed by atoms with Crippen LogP contribution in [0.5, 0.6) is 0 Å². The summed E-state index contributed by atoms with van der Waals surface area (Å²) in [6.07, 6.45) is 3.90. The molecule has 1 heterocycles. The van der Waals surface area contributed by atoms with E-state index in [1.807, 2.05) is 25.1 Å². The maximum Gasteiger partial charge on any atom is 0.250 e. The summed E-state index contributed by atoms with van der Waals surface area (Å²) >= 11 is 7.36. The van der Waals surface area contributed by atoms with Crippen molar-refractivity contribution in [2.75, 3.05) is 5.32 Å². The molecule has 2 rings (SSSR count). The van der Waals surface area contributed by atoms with Crippen LogP contribution in [0.15, 0.2) is 30.3 Å². The van der Waals surface area contributed by atoms with Crippen LogP contribution in [-0.4, -0.2) is 16.1 Å². The monoisotopic (exact) mass is 293 g/mol. The van der Waals surface area contributed by atoms with Crippen LogP contribution in [0.25, 0.3) is 6.08 Å². The molecule has 0 spiro atoms. The van der Waals surface area contributed by atoms with Crippen LogP contribution in [0.2, 0.25) is 5.02 Å². The van der Waals surface area contributed by atoms with Crippen LogP contribution in [-0.2, 0) is 11.2 Å². The first-order chi connectivity index (χ1) is 9.19. The number of hydrogen-bond acceptors (Lipinski definition) is 4. The lowest BCUT2D eigenvalue weighted by Crippen LogP contribution is -2.07. The van der Waals surface area contributed by atoms with Crippen molar-refractivity contribution < 1.29 is 4.79 Å². The first-order valence-corrected chi connectivity index (χ1v) is 6.94. The quantitative estimate of drug-likeness (QED) is 0.879. The maximum absolute atomic E-state index is 11.7. The molecule has 2 aromatic rings. The predicted octanol–water partition coefficient (Wildman–Crippen LogP) is 3.41. The van der Waals surface area contributed by atoms with Crippen LogP contribution in [0.1, 0.15) is 17.5 Å². The fourth-order valence-electron chi connectivity index (χ4n) is 1.37. The summed E-state index contributed by atoms with van der Waals surface area (Å²) in [5.74, 6) is -0.251. The largest absolute Gasteiger partial charge is 0.297 e. The third kappa shape index (κ3) is 3.87. The van der Waals surface area contributed by atoms with E-state index >= 15 is 0 Å². The lowest BCUT2D eigenvalue weighted by Gasteiger charge is -1.97. The second-order valence-corrected chi connectivity index (χ2v) is 5.17. The highest BCUT2D eigenvalue weighted by molar-refractivity contribution is 7.15. The molecule has 0 atom stereocenters. The van der Waals surface area contributed by atoms with Crippen molar-refractivity contribution in [1.82, 2.24) is 10.2 Å². The lowest BCUT2D eigenvalue weighted by atomic mass is 10.2. The van der Waals surface area contributed by atoms with Gasteiger partial charge in [-0.1, -0.05) is 48.1 Å². The number of nitrogens with zero attached hydrogens (tertiary/aromatic N) is 2. The first-order valence-electron chi connectivity index (χ1n) is 5.75. The van der Waals surface area contributed by atoms with Crippen LogP contribution in [0, 0.1) is 0 Å². The minimum Gasteiger partial charge on any atom is -0.297 e. The molecule has 0 radical (unpaired) electrons. The van der Waals surface area contributed by atoms with Crippen molar-refractivity contribution in [3.05, 3.63) is 45.9 Å². The Hall–Kier alpha value is -1.72. The van der Waals surface area contributed by atoms with Crippen molar-refractivity contribution in [3.8, 4) is 0 Å². The first kappa shape index (κ1) is 13.7. The molecule has 0 aliphatic heterocycles. The van der Waals surface area contributed by atoms with Crippen LogP contribution < -0.4 is 5.32 Å². The predicted molar refractivity (Wildman–Crippen MR) is 78.4 cm³/mol. The zero-order chi connectivity index (χ0) is 13.7. The highest BCUT2D eigenvalue weighted by atomic mass is 35.5. The Bertz CT molecular complexity index is 609. The van der Waals surface area contributed by atoms with Gasteiger partial charge in [0.1, 0.15) is 5.01 Å². The summed E-state index contributed by atoms with van der Waals surface area (Å²) in [5.41, 5.74) is 0.797. The molecule has 0 aliphatic rings. The Balaban J connectivity index is 1.99. The summed E-state index contributed by atoms with van der Waals surface area (Å²) in [6, 6.07) is 7.32. The third-order valence-corrected chi connectivity index (χ3v) is 3.65. The Kier molecular flexibility index (Phi) is 4.65. The summed E-state index contributed by atoms with van der Waals surface area (Å²) in [5, 5.41) is 12.5. The molecule has 0 fully saturated rings. The smallest absolute Gasteiger partial charge is 0.250 e. The molecule has 1 amide bonds. The van der Waals surface area contributed by atoms with Crippen molar-refractivity contribution in [2.45, 2.75) is 13.3 Å². The van der Waals surface area contributed by atoms with Gasteiger partial charge < -0.3 is 0 Å². The van der Waals surface area contributed by atoms with E-state index in [1.54, 1.807) is 12.1 Å². The summed E-state index contributed by atoms with van der Waals surface area (Å²) in [6.45, 7) is 1.99. The van der Waals surface area contributed by atoms with Gasteiger partial charge in [-0.15, -0.1) is 10.2 Å². The van der Waals surface area contributed by atoms with E-state index in [1.165, 1.54) is 17.4 Å². The second kappa shape index (κ2) is 6.45. The summed E-state index contributed by atoms with van der Waals surface area (Å²) in [4.78, 5) is 11.7. The van der Waals surface area contributed by atoms with Gasteiger partial charge in [-0.25, -0.2) is 0 Å². The summed E-state index contributed by atoms with van der Waals surface area (Å²) in [7, 11) is 0. The zero-order valence-electron chi connectivity index (χ0n) is 10.3. The van der Waals surface area contributed by atoms with Crippen LogP contribution in [0.3, 0.4) is 0 Å². The van der Waals surface area contributed by atoms with Gasteiger partial charge in [-0.05, 0) is 24.1 Å². The highest BCUT2D eigenvalue weighted by Crippen LogP contribution is 2.17. The Morgan fingerprint density at radius 3 is 2.89 bits per heavy atom. The number of halogens is 1. The molecule has 0 aliphatic carbocycles. The van der Waals surface area contributed by atoms with Gasteiger partial charge in [0.05, 0.1) is 0 Å². The third-order valence-electron chi connectivity index (χ3n) is 2.32. The van der Waals surface area contributed by atoms with Crippen LogP contribution >= 0.6 is 22.9 Å². The van der Waals surface area contributed by atoms with E-state index in [4.69, 9.17) is 11.6 Å². The van der Waals surface area contributed by atoms with E-state index < -0.39 is 0 Å². The van der Waals surface area contributed by atoms with E-state index in [9.17, 15) is 4.79 Å². The summed E-state index contributed by atoms with van der Waals surface area (Å²) < 4.78 is 0. The molecular weight excluding hydrogens is 282 g/mol. The number of carbonyl (C=O) groups excluding carboxylic acids is 1. The fourth-order valence-corrected chi connectivity index (χ4v) is 2.25. The van der Waals surface area contributed by atoms with E-state index in [0.29, 0.717) is 10.2 Å². The van der Waals surface area contributed by atoms with E-state index in [-0.39, 0.29) is 5.91 Å². The van der Waals surface area contributed by atoms with Gasteiger partial charge in [0, 0.05) is 11.1 Å². The minimum absolute atomic E-state index is 0.251. The maximum atomic E-state index is 11.7. The SMILES string of the molecule is CCc1nnc(NC(=O)C=Cc2ccccc2Cl)s1. The standard InChI is InChI=1S/C13H12ClN3OS/c1-2-12-16-17-13(19-12)15-11(18)8-7-9-5-3-4-6-10(9)14/h3-8H,2H2,1H3,(H,15,17,18). The number of aryl methyl sites for hydroxylation is 1. The second-order valence-electron chi connectivity index (χ2n) is 3.70. The van der Waals surface area contributed by atoms with Crippen molar-refractivity contribution in [3.63, 3.8) is 0 Å². The molecule has 0 saturated carbocycles. The lowest BCUT2D eigenvalue weighted by molar-refractivity contribution is -0.111. The number of carbonyl (C=O) groups is 1. The number of hydrogen-bond donors (Lipinski definition) is 1. The molecule has 19 heavy (non-hydrogen) atoms. The van der Waals surface area contributed by atoms with Gasteiger partial charge >= 0.3 is 0 Å². The topological polar surface area (TPSA) is 54.9 Å². The van der Waals surface area contributed by atoms with E-state index in [0.717, 1.165) is 17.0 Å². The molecule has 1 aromatic carbocycles. The molecule has 0 bridgehead atoms. The molecule has 0 saturated heterocycles. The zero-order valence-corrected chi connectivity index (χ0v) is 11.8. The number of anilines is 1. The van der Waals surface area contributed by atoms with Crippen molar-refractivity contribution in [1.29, 1.82) is 0 Å². The minimum atomic E-state index is -0.251. The molecule has 98 valence electrons. The molecule has 4 nitrogen and oxygen atoms in total. The Morgan fingerprint density at radius 1 is 1.42 bits per heavy atom. The Labute approximate surface area is 120 Å². The van der Waals surface area contributed by atoms with Gasteiger partial charge in [0.25, 0.3) is 0 Å². The number of amides is 1. The van der Waals surface area contributed by atoms with E-state index in [2.05, 4.69) is 15.5 Å². The fraction of sp³-hybridized carbons (Fsp3) is 0.154. The van der Waals surface area contributed by atoms with Crippen LogP contribution in [0.4, 0.5) is 5.13 Å². The number of aromatic nitrogens is 2. The van der Waals surface area contributed by atoms with Gasteiger partial charge in [0.15, 0.2) is 0 Å². The molecule has 1 aromatic heterocycles. The molecule has 1 N–H and O–H groups in total. The molecule has 0 unspecified atom stereocenters.